The SMILES string of the molecule is COc1cc(N)ccc1NC(=O)C(C)N1CCCCC1. The van der Waals surface area contributed by atoms with Gasteiger partial charge in [-0.1, -0.05) is 6.42 Å². The Morgan fingerprint density at radius 2 is 2.05 bits per heavy atom. The van der Waals surface area contributed by atoms with Gasteiger partial charge >= 0.3 is 0 Å². The summed E-state index contributed by atoms with van der Waals surface area (Å²) < 4.78 is 5.24. The van der Waals surface area contributed by atoms with Gasteiger partial charge in [0.15, 0.2) is 0 Å². The lowest BCUT2D eigenvalue weighted by Crippen LogP contribution is -2.44. The minimum absolute atomic E-state index is 0.00466. The van der Waals surface area contributed by atoms with Crippen molar-refractivity contribution in [2.75, 3.05) is 31.2 Å². The van der Waals surface area contributed by atoms with E-state index in [2.05, 4.69) is 10.2 Å². The van der Waals surface area contributed by atoms with Crippen molar-refractivity contribution in [3.63, 3.8) is 0 Å². The molecule has 3 N–H and O–H groups in total. The summed E-state index contributed by atoms with van der Waals surface area (Å²) in [6.45, 7) is 3.94. The average Bonchev–Trinajstić information content (AvgIpc) is 2.49. The Balaban J connectivity index is 2.03. The lowest BCUT2D eigenvalue weighted by Gasteiger charge is -2.31. The largest absolute Gasteiger partial charge is 0.494 e. The van der Waals surface area contributed by atoms with Crippen molar-refractivity contribution in [2.45, 2.75) is 32.2 Å². The van der Waals surface area contributed by atoms with Gasteiger partial charge in [-0.15, -0.1) is 0 Å². The Kier molecular flexibility index (Phi) is 4.84. The molecule has 0 aromatic heterocycles. The summed E-state index contributed by atoms with van der Waals surface area (Å²) >= 11 is 0. The highest BCUT2D eigenvalue weighted by atomic mass is 16.5. The van der Waals surface area contributed by atoms with Crippen LogP contribution in [0.2, 0.25) is 0 Å². The van der Waals surface area contributed by atoms with Crippen molar-refractivity contribution < 1.29 is 9.53 Å². The highest BCUT2D eigenvalue weighted by Crippen LogP contribution is 2.27. The molecule has 1 atom stereocenters. The van der Waals surface area contributed by atoms with Crippen molar-refractivity contribution in [1.82, 2.24) is 4.90 Å². The summed E-state index contributed by atoms with van der Waals surface area (Å²) in [7, 11) is 1.57. The van der Waals surface area contributed by atoms with Crippen molar-refractivity contribution in [3.8, 4) is 5.75 Å². The Morgan fingerprint density at radius 3 is 2.70 bits per heavy atom. The van der Waals surface area contributed by atoms with E-state index in [9.17, 15) is 4.79 Å². The third-order valence-electron chi connectivity index (χ3n) is 3.80. The van der Waals surface area contributed by atoms with E-state index in [1.165, 1.54) is 19.3 Å². The maximum absolute atomic E-state index is 12.3. The Labute approximate surface area is 120 Å². The third-order valence-corrected chi connectivity index (χ3v) is 3.80. The van der Waals surface area contributed by atoms with Gasteiger partial charge in [-0.3, -0.25) is 9.69 Å². The number of likely N-dealkylation sites (tertiary alicyclic amines) is 1. The number of benzene rings is 1. The second-order valence-electron chi connectivity index (χ2n) is 5.22. The van der Waals surface area contributed by atoms with E-state index in [-0.39, 0.29) is 11.9 Å². The van der Waals surface area contributed by atoms with Crippen molar-refractivity contribution in [3.05, 3.63) is 18.2 Å². The van der Waals surface area contributed by atoms with Crippen molar-refractivity contribution in [2.24, 2.45) is 0 Å². The van der Waals surface area contributed by atoms with Gasteiger partial charge in [0.2, 0.25) is 5.91 Å². The molecule has 1 aliphatic heterocycles. The van der Waals surface area contributed by atoms with Crippen LogP contribution < -0.4 is 15.8 Å². The van der Waals surface area contributed by atoms with Crippen LogP contribution in [0.4, 0.5) is 11.4 Å². The summed E-state index contributed by atoms with van der Waals surface area (Å²) in [4.78, 5) is 14.6. The number of hydrogen-bond acceptors (Lipinski definition) is 4. The maximum atomic E-state index is 12.3. The molecule has 1 saturated heterocycles. The topological polar surface area (TPSA) is 67.6 Å². The Bertz CT molecular complexity index is 470. The molecule has 1 amide bonds. The number of nitrogens with zero attached hydrogens (tertiary/aromatic N) is 1. The van der Waals surface area contributed by atoms with Gasteiger partial charge in [0, 0.05) is 11.8 Å². The highest BCUT2D eigenvalue weighted by Gasteiger charge is 2.23. The average molecular weight is 277 g/mol. The number of ether oxygens (including phenoxy) is 1. The number of carbonyl (C=O) groups excluding carboxylic acids is 1. The second-order valence-corrected chi connectivity index (χ2v) is 5.22. The molecule has 1 fully saturated rings. The number of hydrogen-bond donors (Lipinski definition) is 2. The zero-order valence-electron chi connectivity index (χ0n) is 12.2. The number of rotatable bonds is 4. The first-order valence-electron chi connectivity index (χ1n) is 7.10. The number of carbonyl (C=O) groups is 1. The first-order valence-corrected chi connectivity index (χ1v) is 7.10. The van der Waals surface area contributed by atoms with Crippen LogP contribution in [0.25, 0.3) is 0 Å². The fourth-order valence-electron chi connectivity index (χ4n) is 2.52. The molecule has 1 aromatic rings. The monoisotopic (exact) mass is 277 g/mol. The number of anilines is 2. The standard InChI is InChI=1S/C15H23N3O2/c1-11(18-8-4-3-5-9-18)15(19)17-13-7-6-12(16)10-14(13)20-2/h6-7,10-11H,3-5,8-9,16H2,1-2H3,(H,17,19). The molecule has 1 heterocycles. The van der Waals surface area contributed by atoms with Crippen LogP contribution in [0.15, 0.2) is 18.2 Å². The summed E-state index contributed by atoms with van der Waals surface area (Å²) in [5.41, 5.74) is 6.99. The van der Waals surface area contributed by atoms with Crippen molar-refractivity contribution >= 4 is 17.3 Å². The van der Waals surface area contributed by atoms with Crippen LogP contribution in [0, 0.1) is 0 Å². The zero-order chi connectivity index (χ0) is 14.5. The number of methoxy groups -OCH3 is 1. The van der Waals surface area contributed by atoms with E-state index in [1.54, 1.807) is 25.3 Å². The molecule has 5 heteroatoms. The minimum Gasteiger partial charge on any atom is -0.494 e. The Hall–Kier alpha value is -1.75. The fourth-order valence-corrected chi connectivity index (χ4v) is 2.52. The summed E-state index contributed by atoms with van der Waals surface area (Å²) in [5.74, 6) is 0.583. The van der Waals surface area contributed by atoms with E-state index in [1.807, 2.05) is 6.92 Å². The fraction of sp³-hybridized carbons (Fsp3) is 0.533. The first kappa shape index (κ1) is 14.7. The number of nitrogen functional groups attached to an aromatic ring is 1. The van der Waals surface area contributed by atoms with Crippen LogP contribution in [-0.4, -0.2) is 37.0 Å². The van der Waals surface area contributed by atoms with Gasteiger partial charge in [-0.05, 0) is 45.0 Å². The number of amides is 1. The first-order chi connectivity index (χ1) is 9.61. The molecule has 0 aliphatic carbocycles. The summed E-state index contributed by atoms with van der Waals surface area (Å²) in [6, 6.07) is 5.11. The van der Waals surface area contributed by atoms with Gasteiger partial charge in [-0.25, -0.2) is 0 Å². The van der Waals surface area contributed by atoms with Crippen LogP contribution in [0.3, 0.4) is 0 Å². The normalized spacial score (nSPS) is 17.5. The van der Waals surface area contributed by atoms with Crippen LogP contribution >= 0.6 is 0 Å². The van der Waals surface area contributed by atoms with Gasteiger partial charge < -0.3 is 15.8 Å². The van der Waals surface area contributed by atoms with E-state index in [4.69, 9.17) is 10.5 Å². The lowest BCUT2D eigenvalue weighted by atomic mass is 10.1. The van der Waals surface area contributed by atoms with Gasteiger partial charge in [0.05, 0.1) is 18.8 Å². The number of piperidine rings is 1. The van der Waals surface area contributed by atoms with E-state index < -0.39 is 0 Å². The number of nitrogens with two attached hydrogens (primary N) is 1. The molecule has 5 nitrogen and oxygen atoms in total. The molecule has 0 bridgehead atoms. The molecule has 0 radical (unpaired) electrons. The molecule has 110 valence electrons. The van der Waals surface area contributed by atoms with E-state index >= 15 is 0 Å². The van der Waals surface area contributed by atoms with Crippen LogP contribution in [0.1, 0.15) is 26.2 Å². The molecule has 20 heavy (non-hydrogen) atoms. The predicted octanol–water partition coefficient (Wildman–Crippen LogP) is 2.09. The molecular formula is C15H23N3O2. The molecule has 1 unspecified atom stereocenters. The maximum Gasteiger partial charge on any atom is 0.241 e. The predicted molar refractivity (Wildman–Crippen MR) is 80.9 cm³/mol. The second kappa shape index (κ2) is 6.61. The van der Waals surface area contributed by atoms with Crippen LogP contribution in [0.5, 0.6) is 5.75 Å². The number of nitrogens with one attached hydrogen (secondary N) is 1. The highest BCUT2D eigenvalue weighted by molar-refractivity contribution is 5.96. The lowest BCUT2D eigenvalue weighted by molar-refractivity contribution is -0.121. The van der Waals surface area contributed by atoms with Crippen molar-refractivity contribution in [1.29, 1.82) is 0 Å². The van der Waals surface area contributed by atoms with Crippen LogP contribution in [-0.2, 0) is 4.79 Å². The molecule has 2 rings (SSSR count). The quantitative estimate of drug-likeness (QED) is 0.827. The minimum atomic E-state index is -0.127. The summed E-state index contributed by atoms with van der Waals surface area (Å²) in [5, 5.41) is 2.92. The summed E-state index contributed by atoms with van der Waals surface area (Å²) in [6.07, 6.45) is 3.60. The van der Waals surface area contributed by atoms with Gasteiger partial charge in [0.1, 0.15) is 5.75 Å². The molecular weight excluding hydrogens is 254 g/mol. The molecule has 0 saturated carbocycles. The van der Waals surface area contributed by atoms with E-state index in [0.717, 1.165) is 13.1 Å². The Morgan fingerprint density at radius 1 is 1.35 bits per heavy atom. The van der Waals surface area contributed by atoms with Gasteiger partial charge in [0.25, 0.3) is 0 Å². The van der Waals surface area contributed by atoms with Gasteiger partial charge in [-0.2, -0.15) is 0 Å². The molecule has 1 aromatic carbocycles. The molecule has 1 aliphatic rings. The smallest absolute Gasteiger partial charge is 0.241 e. The third kappa shape index (κ3) is 3.42. The van der Waals surface area contributed by atoms with E-state index in [0.29, 0.717) is 17.1 Å². The molecule has 0 spiro atoms. The zero-order valence-corrected chi connectivity index (χ0v) is 12.2.